The van der Waals surface area contributed by atoms with Crippen molar-refractivity contribution in [2.24, 2.45) is 0 Å². The minimum Gasteiger partial charge on any atom is -0.378 e. The third kappa shape index (κ3) is 7.09. The molecule has 1 fully saturated rings. The number of aliphatic hydroxyl groups is 1. The van der Waals surface area contributed by atoms with E-state index in [0.717, 1.165) is 6.20 Å². The SMILES string of the molecule is CC(COCC(C)(O)C(=O)N1CCN(c2ncc(C(F)(F)F)cn2)CC1)Nc1cn[nH]c(=O)c1C(F)(F)F. The molecule has 1 saturated heterocycles. The lowest BCUT2D eigenvalue weighted by molar-refractivity contribution is -0.156. The van der Waals surface area contributed by atoms with Crippen LogP contribution in [0.15, 0.2) is 23.4 Å². The molecular weight excluding hydrogens is 528 g/mol. The number of piperazine rings is 1. The molecule has 0 bridgehead atoms. The van der Waals surface area contributed by atoms with Gasteiger partial charge in [-0.1, -0.05) is 0 Å². The van der Waals surface area contributed by atoms with Crippen LogP contribution in [0.2, 0.25) is 0 Å². The van der Waals surface area contributed by atoms with Crippen LogP contribution in [0.4, 0.5) is 38.0 Å². The van der Waals surface area contributed by atoms with Gasteiger partial charge in [0.1, 0.15) is 5.56 Å². The first kappa shape index (κ1) is 29.1. The van der Waals surface area contributed by atoms with Crippen LogP contribution in [-0.4, -0.2) is 87.1 Å². The van der Waals surface area contributed by atoms with E-state index in [1.807, 2.05) is 0 Å². The van der Waals surface area contributed by atoms with Crippen LogP contribution in [0.1, 0.15) is 25.0 Å². The number of anilines is 2. The summed E-state index contributed by atoms with van der Waals surface area (Å²) in [4.78, 5) is 34.8. The Hall–Kier alpha value is -3.47. The highest BCUT2D eigenvalue weighted by atomic mass is 19.4. The maximum absolute atomic E-state index is 13.2. The van der Waals surface area contributed by atoms with Crippen molar-refractivity contribution in [1.82, 2.24) is 25.1 Å². The van der Waals surface area contributed by atoms with Gasteiger partial charge in [0.25, 0.3) is 11.5 Å². The lowest BCUT2D eigenvalue weighted by atomic mass is 10.1. The molecule has 3 rings (SSSR count). The molecule has 17 heteroatoms. The normalized spacial score (nSPS) is 17.2. The fraction of sp³-hybridized carbons (Fsp3) is 0.571. The van der Waals surface area contributed by atoms with E-state index >= 15 is 0 Å². The smallest absolute Gasteiger partial charge is 0.378 e. The molecule has 0 aromatic carbocycles. The third-order valence-corrected chi connectivity index (χ3v) is 5.57. The van der Waals surface area contributed by atoms with E-state index in [1.165, 1.54) is 18.7 Å². The quantitative estimate of drug-likeness (QED) is 0.416. The fourth-order valence-corrected chi connectivity index (χ4v) is 3.67. The van der Waals surface area contributed by atoms with Crippen molar-refractivity contribution < 1.29 is 41.0 Å². The minimum atomic E-state index is -4.92. The number of nitrogens with zero attached hydrogens (tertiary/aromatic N) is 5. The van der Waals surface area contributed by atoms with E-state index in [4.69, 9.17) is 4.74 Å². The number of halogens is 6. The topological polar surface area (TPSA) is 137 Å². The maximum Gasteiger partial charge on any atom is 0.423 e. The van der Waals surface area contributed by atoms with E-state index in [0.29, 0.717) is 12.4 Å². The molecule has 0 aliphatic carbocycles. The summed E-state index contributed by atoms with van der Waals surface area (Å²) in [7, 11) is 0. The first-order valence-corrected chi connectivity index (χ1v) is 11.2. The number of aromatic nitrogens is 4. The van der Waals surface area contributed by atoms with Gasteiger partial charge in [-0.3, -0.25) is 9.59 Å². The van der Waals surface area contributed by atoms with Crippen molar-refractivity contribution in [2.45, 2.75) is 37.8 Å². The number of alkyl halides is 6. The predicted octanol–water partition coefficient (Wildman–Crippen LogP) is 1.51. The minimum absolute atomic E-state index is 0.0750. The highest BCUT2D eigenvalue weighted by Gasteiger charge is 2.39. The van der Waals surface area contributed by atoms with Gasteiger partial charge in [-0.15, -0.1) is 0 Å². The molecule has 2 aromatic heterocycles. The first-order chi connectivity index (χ1) is 17.6. The Morgan fingerprint density at radius 3 is 2.26 bits per heavy atom. The predicted molar refractivity (Wildman–Crippen MR) is 120 cm³/mol. The largest absolute Gasteiger partial charge is 0.423 e. The van der Waals surface area contributed by atoms with Crippen LogP contribution in [0.5, 0.6) is 0 Å². The summed E-state index contributed by atoms with van der Waals surface area (Å²) >= 11 is 0. The van der Waals surface area contributed by atoms with E-state index in [-0.39, 0.29) is 38.7 Å². The number of nitrogens with one attached hydrogen (secondary N) is 2. The Bertz CT molecular complexity index is 1160. The summed E-state index contributed by atoms with van der Waals surface area (Å²) in [5.74, 6) is -0.588. The van der Waals surface area contributed by atoms with Crippen LogP contribution in [-0.2, 0) is 21.9 Å². The van der Waals surface area contributed by atoms with Gasteiger partial charge in [0, 0.05) is 44.6 Å². The average molecular weight is 553 g/mol. The molecule has 1 aliphatic rings. The van der Waals surface area contributed by atoms with Crippen LogP contribution in [0, 0.1) is 0 Å². The van der Waals surface area contributed by atoms with Crippen molar-refractivity contribution in [3.63, 3.8) is 0 Å². The van der Waals surface area contributed by atoms with Gasteiger partial charge < -0.3 is 25.0 Å². The monoisotopic (exact) mass is 553 g/mol. The molecule has 1 amide bonds. The number of aromatic amines is 1. The van der Waals surface area contributed by atoms with Crippen LogP contribution < -0.4 is 15.8 Å². The molecule has 0 spiro atoms. The van der Waals surface area contributed by atoms with Gasteiger partial charge >= 0.3 is 12.4 Å². The Kier molecular flexibility index (Phi) is 8.50. The molecule has 0 radical (unpaired) electrons. The molecule has 2 unspecified atom stereocenters. The fourth-order valence-electron chi connectivity index (χ4n) is 3.67. The number of ether oxygens (including phenoxy) is 1. The summed E-state index contributed by atoms with van der Waals surface area (Å²) in [6.45, 7) is 2.69. The summed E-state index contributed by atoms with van der Waals surface area (Å²) < 4.78 is 82.9. The van der Waals surface area contributed by atoms with Gasteiger partial charge in [-0.2, -0.15) is 31.4 Å². The van der Waals surface area contributed by atoms with E-state index in [2.05, 4.69) is 20.4 Å². The highest BCUT2D eigenvalue weighted by Crippen LogP contribution is 2.32. The lowest BCUT2D eigenvalue weighted by Gasteiger charge is -2.38. The number of carbonyl (C=O) groups excluding carboxylic acids is 1. The standard InChI is InChI=1S/C21H25F6N7O4/c1-12(31-14-9-30-32-16(35)15(14)21(25,26)27)10-38-11-19(2,37)17(36)33-3-5-34(6-4-33)18-28-7-13(8-29-18)20(22,23)24/h7-9,12,37H,3-6,10-11H2,1-2H3,(H2,31,32,35). The lowest BCUT2D eigenvalue weighted by Crippen LogP contribution is -2.56. The summed E-state index contributed by atoms with van der Waals surface area (Å²) in [5.41, 5.74) is -6.34. The molecule has 38 heavy (non-hydrogen) atoms. The summed E-state index contributed by atoms with van der Waals surface area (Å²) in [6.07, 6.45) is -7.31. The number of rotatable bonds is 8. The molecule has 210 valence electrons. The van der Waals surface area contributed by atoms with Crippen LogP contribution in [0.25, 0.3) is 0 Å². The maximum atomic E-state index is 13.2. The molecule has 11 nitrogen and oxygen atoms in total. The van der Waals surface area contributed by atoms with Gasteiger partial charge in [0.2, 0.25) is 5.95 Å². The molecular formula is C21H25F6N7O4. The highest BCUT2D eigenvalue weighted by molar-refractivity contribution is 5.85. The van der Waals surface area contributed by atoms with Crippen molar-refractivity contribution in [3.8, 4) is 0 Å². The van der Waals surface area contributed by atoms with Gasteiger partial charge in [-0.25, -0.2) is 15.1 Å². The molecule has 0 saturated carbocycles. The number of amides is 1. The van der Waals surface area contributed by atoms with Crippen molar-refractivity contribution in [2.75, 3.05) is 49.6 Å². The Labute approximate surface area is 211 Å². The second-order valence-electron chi connectivity index (χ2n) is 8.87. The number of H-pyrrole nitrogens is 1. The summed E-state index contributed by atoms with van der Waals surface area (Å²) in [6, 6.07) is -0.752. The van der Waals surface area contributed by atoms with Crippen molar-refractivity contribution in [1.29, 1.82) is 0 Å². The van der Waals surface area contributed by atoms with E-state index in [1.54, 1.807) is 10.00 Å². The Morgan fingerprint density at radius 1 is 1.11 bits per heavy atom. The Balaban J connectivity index is 1.49. The second-order valence-corrected chi connectivity index (χ2v) is 8.87. The first-order valence-electron chi connectivity index (χ1n) is 11.2. The van der Waals surface area contributed by atoms with Crippen molar-refractivity contribution >= 4 is 17.5 Å². The zero-order valence-corrected chi connectivity index (χ0v) is 20.2. The van der Waals surface area contributed by atoms with Gasteiger partial charge in [0.05, 0.1) is 30.7 Å². The summed E-state index contributed by atoms with van der Waals surface area (Å²) in [5, 5.41) is 18.2. The molecule has 2 aromatic rings. The second kappa shape index (κ2) is 11.1. The number of carbonyl (C=O) groups is 1. The average Bonchev–Trinajstić information content (AvgIpc) is 2.82. The van der Waals surface area contributed by atoms with E-state index in [9.17, 15) is 41.0 Å². The van der Waals surface area contributed by atoms with Crippen LogP contribution in [0.3, 0.4) is 0 Å². The molecule has 3 N–H and O–H groups in total. The molecule has 2 atom stereocenters. The number of hydrogen-bond acceptors (Lipinski definition) is 9. The zero-order valence-electron chi connectivity index (χ0n) is 20.2. The molecule has 1 aliphatic heterocycles. The Morgan fingerprint density at radius 2 is 1.71 bits per heavy atom. The van der Waals surface area contributed by atoms with Gasteiger partial charge in [0.15, 0.2) is 5.60 Å². The van der Waals surface area contributed by atoms with Crippen LogP contribution >= 0.6 is 0 Å². The third-order valence-electron chi connectivity index (χ3n) is 5.57. The molecule has 3 heterocycles. The van der Waals surface area contributed by atoms with E-state index < -0.39 is 58.9 Å². The van der Waals surface area contributed by atoms with Crippen molar-refractivity contribution in [3.05, 3.63) is 40.1 Å². The zero-order chi connectivity index (χ0) is 28.3. The van der Waals surface area contributed by atoms with Gasteiger partial charge in [-0.05, 0) is 13.8 Å². The number of hydrogen-bond donors (Lipinski definition) is 3.